The first-order valence-electron chi connectivity index (χ1n) is 6.12. The van der Waals surface area contributed by atoms with E-state index in [0.717, 1.165) is 22.3 Å². The zero-order chi connectivity index (χ0) is 14.0. The first-order valence-corrected chi connectivity index (χ1v) is 6.12. The van der Waals surface area contributed by atoms with Gasteiger partial charge in [0.1, 0.15) is 11.4 Å². The summed E-state index contributed by atoms with van der Waals surface area (Å²) in [6.45, 7) is 5.54. The Morgan fingerprint density at radius 3 is 2.74 bits per heavy atom. The van der Waals surface area contributed by atoms with Gasteiger partial charge in [0, 0.05) is 5.39 Å². The summed E-state index contributed by atoms with van der Waals surface area (Å²) < 4.78 is 10.5. The molecule has 0 radical (unpaired) electrons. The number of aromatic nitrogens is 2. The molecule has 0 bridgehead atoms. The summed E-state index contributed by atoms with van der Waals surface area (Å²) in [4.78, 5) is 11.8. The van der Waals surface area contributed by atoms with Crippen molar-refractivity contribution in [2.24, 2.45) is 0 Å². The first kappa shape index (κ1) is 13.4. The standard InChI is InChI=1S/C14H18N2O3/c1-14(2,3)19-13(17)8-12-10-7-9(18-4)5-6-11(10)15-16-12/h5-7H,8H2,1-4H3,(H,15,16). The number of nitrogens with one attached hydrogen (secondary N) is 1. The summed E-state index contributed by atoms with van der Waals surface area (Å²) in [5.41, 5.74) is 1.06. The number of rotatable bonds is 3. The van der Waals surface area contributed by atoms with Crippen LogP contribution in [0.5, 0.6) is 5.75 Å². The molecule has 0 amide bonds. The number of methoxy groups -OCH3 is 1. The van der Waals surface area contributed by atoms with E-state index in [1.54, 1.807) is 7.11 Å². The third-order valence-corrected chi connectivity index (χ3v) is 2.58. The van der Waals surface area contributed by atoms with E-state index in [9.17, 15) is 4.79 Å². The highest BCUT2D eigenvalue weighted by molar-refractivity contribution is 5.86. The molecule has 0 fully saturated rings. The van der Waals surface area contributed by atoms with Crippen molar-refractivity contribution < 1.29 is 14.3 Å². The van der Waals surface area contributed by atoms with Crippen molar-refractivity contribution in [3.63, 3.8) is 0 Å². The number of esters is 1. The van der Waals surface area contributed by atoms with E-state index in [4.69, 9.17) is 9.47 Å². The molecule has 0 aliphatic carbocycles. The fraction of sp³-hybridized carbons (Fsp3) is 0.429. The van der Waals surface area contributed by atoms with Gasteiger partial charge in [-0.25, -0.2) is 0 Å². The molecular formula is C14H18N2O3. The van der Waals surface area contributed by atoms with E-state index >= 15 is 0 Å². The highest BCUT2D eigenvalue weighted by Crippen LogP contribution is 2.22. The zero-order valence-electron chi connectivity index (χ0n) is 11.6. The minimum atomic E-state index is -0.482. The van der Waals surface area contributed by atoms with E-state index in [1.807, 2.05) is 39.0 Å². The zero-order valence-corrected chi connectivity index (χ0v) is 11.6. The second kappa shape index (κ2) is 4.91. The van der Waals surface area contributed by atoms with Gasteiger partial charge in [0.2, 0.25) is 0 Å². The number of H-pyrrole nitrogens is 1. The van der Waals surface area contributed by atoms with Crippen LogP contribution in [0.3, 0.4) is 0 Å². The number of aromatic amines is 1. The Morgan fingerprint density at radius 1 is 1.37 bits per heavy atom. The van der Waals surface area contributed by atoms with Crippen LogP contribution in [-0.2, 0) is 16.0 Å². The number of carbonyl (C=O) groups is 1. The molecule has 0 saturated carbocycles. The first-order chi connectivity index (χ1) is 8.89. The minimum Gasteiger partial charge on any atom is -0.497 e. The van der Waals surface area contributed by atoms with Gasteiger partial charge in [-0.2, -0.15) is 5.10 Å². The van der Waals surface area contributed by atoms with Crippen molar-refractivity contribution in [2.45, 2.75) is 32.8 Å². The number of benzene rings is 1. The maximum atomic E-state index is 11.8. The summed E-state index contributed by atoms with van der Waals surface area (Å²) in [7, 11) is 1.61. The predicted molar refractivity (Wildman–Crippen MR) is 72.2 cm³/mol. The summed E-state index contributed by atoms with van der Waals surface area (Å²) in [5, 5.41) is 7.91. The highest BCUT2D eigenvalue weighted by atomic mass is 16.6. The second-order valence-electron chi connectivity index (χ2n) is 5.35. The Hall–Kier alpha value is -2.04. The number of fused-ring (bicyclic) bond motifs is 1. The second-order valence-corrected chi connectivity index (χ2v) is 5.35. The molecule has 1 aromatic heterocycles. The minimum absolute atomic E-state index is 0.168. The van der Waals surface area contributed by atoms with Crippen LogP contribution in [-0.4, -0.2) is 28.9 Å². The lowest BCUT2D eigenvalue weighted by Gasteiger charge is -2.19. The molecule has 102 valence electrons. The molecule has 0 aliphatic rings. The maximum absolute atomic E-state index is 11.8. The molecule has 1 heterocycles. The molecule has 0 aliphatic heterocycles. The van der Waals surface area contributed by atoms with E-state index in [-0.39, 0.29) is 12.4 Å². The Balaban J connectivity index is 2.23. The molecule has 0 saturated heterocycles. The number of nitrogens with zero attached hydrogens (tertiary/aromatic N) is 1. The van der Waals surface area contributed by atoms with Gasteiger partial charge < -0.3 is 9.47 Å². The van der Waals surface area contributed by atoms with Crippen molar-refractivity contribution in [3.05, 3.63) is 23.9 Å². The van der Waals surface area contributed by atoms with Crippen LogP contribution >= 0.6 is 0 Å². The Bertz CT molecular complexity index is 596. The summed E-state index contributed by atoms with van der Waals surface area (Å²) >= 11 is 0. The fourth-order valence-corrected chi connectivity index (χ4v) is 1.83. The SMILES string of the molecule is COc1ccc2n[nH]c(CC(=O)OC(C)(C)C)c2c1. The molecule has 1 aromatic carbocycles. The van der Waals surface area contributed by atoms with Gasteiger partial charge >= 0.3 is 5.97 Å². The number of carbonyl (C=O) groups excluding carboxylic acids is 1. The largest absolute Gasteiger partial charge is 0.497 e. The molecular weight excluding hydrogens is 244 g/mol. The number of ether oxygens (including phenoxy) is 2. The van der Waals surface area contributed by atoms with Crippen LogP contribution in [0.4, 0.5) is 0 Å². The molecule has 5 nitrogen and oxygen atoms in total. The molecule has 0 spiro atoms. The third kappa shape index (κ3) is 3.24. The highest BCUT2D eigenvalue weighted by Gasteiger charge is 2.18. The third-order valence-electron chi connectivity index (χ3n) is 2.58. The van der Waals surface area contributed by atoms with E-state index < -0.39 is 5.60 Å². The molecule has 0 atom stereocenters. The van der Waals surface area contributed by atoms with Gasteiger partial charge in [0.25, 0.3) is 0 Å². The van der Waals surface area contributed by atoms with E-state index in [1.165, 1.54) is 0 Å². The quantitative estimate of drug-likeness (QED) is 0.863. The number of hydrogen-bond donors (Lipinski definition) is 1. The van der Waals surface area contributed by atoms with Gasteiger partial charge in [-0.15, -0.1) is 0 Å². The van der Waals surface area contributed by atoms with Gasteiger partial charge in [-0.1, -0.05) is 0 Å². The molecule has 2 aromatic rings. The van der Waals surface area contributed by atoms with Crippen molar-refractivity contribution in [2.75, 3.05) is 7.11 Å². The fourth-order valence-electron chi connectivity index (χ4n) is 1.83. The molecule has 1 N–H and O–H groups in total. The molecule has 0 unspecified atom stereocenters. The van der Waals surface area contributed by atoms with Crippen LogP contribution < -0.4 is 4.74 Å². The normalized spacial score (nSPS) is 11.6. The Kier molecular flexibility index (Phi) is 3.46. The summed E-state index contributed by atoms with van der Waals surface area (Å²) in [5.74, 6) is 0.459. The monoisotopic (exact) mass is 262 g/mol. The average Bonchev–Trinajstić information content (AvgIpc) is 2.69. The summed E-state index contributed by atoms with van der Waals surface area (Å²) in [6.07, 6.45) is 0.168. The predicted octanol–water partition coefficient (Wildman–Crippen LogP) is 2.46. The van der Waals surface area contributed by atoms with Crippen molar-refractivity contribution in [1.29, 1.82) is 0 Å². The van der Waals surface area contributed by atoms with E-state index in [2.05, 4.69) is 10.2 Å². The van der Waals surface area contributed by atoms with Gasteiger partial charge in [-0.05, 0) is 39.0 Å². The van der Waals surface area contributed by atoms with Crippen molar-refractivity contribution >= 4 is 16.9 Å². The van der Waals surface area contributed by atoms with Gasteiger partial charge in [0.15, 0.2) is 0 Å². The molecule has 5 heteroatoms. The van der Waals surface area contributed by atoms with Crippen LogP contribution in [0, 0.1) is 0 Å². The lowest BCUT2D eigenvalue weighted by molar-refractivity contribution is -0.153. The number of hydrogen-bond acceptors (Lipinski definition) is 4. The average molecular weight is 262 g/mol. The lowest BCUT2D eigenvalue weighted by atomic mass is 10.1. The smallest absolute Gasteiger partial charge is 0.312 e. The van der Waals surface area contributed by atoms with Crippen LogP contribution in [0.2, 0.25) is 0 Å². The molecule has 2 rings (SSSR count). The molecule has 19 heavy (non-hydrogen) atoms. The van der Waals surface area contributed by atoms with E-state index in [0.29, 0.717) is 0 Å². The topological polar surface area (TPSA) is 64.2 Å². The van der Waals surface area contributed by atoms with Crippen LogP contribution in [0.15, 0.2) is 18.2 Å². The summed E-state index contributed by atoms with van der Waals surface area (Å²) in [6, 6.07) is 5.54. The van der Waals surface area contributed by atoms with Gasteiger partial charge in [0.05, 0.1) is 24.7 Å². The Labute approximate surface area is 111 Å². The van der Waals surface area contributed by atoms with Crippen LogP contribution in [0.25, 0.3) is 10.9 Å². The van der Waals surface area contributed by atoms with Crippen molar-refractivity contribution in [3.8, 4) is 5.75 Å². The van der Waals surface area contributed by atoms with Crippen LogP contribution in [0.1, 0.15) is 26.5 Å². The van der Waals surface area contributed by atoms with Crippen molar-refractivity contribution in [1.82, 2.24) is 10.2 Å². The van der Waals surface area contributed by atoms with Gasteiger partial charge in [-0.3, -0.25) is 9.89 Å². The maximum Gasteiger partial charge on any atom is 0.312 e. The Morgan fingerprint density at radius 2 is 2.11 bits per heavy atom. The lowest BCUT2D eigenvalue weighted by Crippen LogP contribution is -2.25.